The molecule has 2 rings (SSSR count). The van der Waals surface area contributed by atoms with Crippen LogP contribution >= 0.6 is 0 Å². The fourth-order valence-corrected chi connectivity index (χ4v) is 1.79. The molecule has 1 aliphatic heterocycles. The van der Waals surface area contributed by atoms with E-state index in [1.54, 1.807) is 0 Å². The number of pyridine rings is 1. The summed E-state index contributed by atoms with van der Waals surface area (Å²) in [7, 11) is 0. The van der Waals surface area contributed by atoms with Gasteiger partial charge in [0, 0.05) is 25.7 Å². The van der Waals surface area contributed by atoms with Crippen LogP contribution in [0.4, 0.5) is 11.5 Å². The van der Waals surface area contributed by atoms with Gasteiger partial charge in [0.25, 0.3) is 0 Å². The Morgan fingerprint density at radius 2 is 2.19 bits per heavy atom. The van der Waals surface area contributed by atoms with E-state index < -0.39 is 0 Å². The fourth-order valence-electron chi connectivity index (χ4n) is 1.79. The molecular formula is C12H22N4. The highest BCUT2D eigenvalue weighted by molar-refractivity contribution is 5.49. The number of rotatable bonds is 1. The second-order valence-electron chi connectivity index (χ2n) is 3.69. The van der Waals surface area contributed by atoms with Gasteiger partial charge in [-0.05, 0) is 19.1 Å². The van der Waals surface area contributed by atoms with Crippen LogP contribution in [0.25, 0.3) is 0 Å². The molecule has 0 amide bonds. The Kier molecular flexibility index (Phi) is 5.05. The highest BCUT2D eigenvalue weighted by atomic mass is 15.2. The molecule has 16 heavy (non-hydrogen) atoms. The van der Waals surface area contributed by atoms with E-state index >= 15 is 0 Å². The summed E-state index contributed by atoms with van der Waals surface area (Å²) in [5.74, 6) is 0.580. The molecule has 1 atom stereocenters. The molecule has 0 radical (unpaired) electrons. The molecule has 90 valence electrons. The van der Waals surface area contributed by atoms with Gasteiger partial charge in [0.1, 0.15) is 5.82 Å². The lowest BCUT2D eigenvalue weighted by Crippen LogP contribution is -2.49. The molecule has 0 aromatic carbocycles. The zero-order valence-corrected chi connectivity index (χ0v) is 10.4. The molecule has 0 aliphatic carbocycles. The first-order chi connectivity index (χ1) is 7.77. The van der Waals surface area contributed by atoms with Crippen LogP contribution in [-0.2, 0) is 0 Å². The second kappa shape index (κ2) is 6.33. The van der Waals surface area contributed by atoms with Gasteiger partial charge in [0.15, 0.2) is 0 Å². The summed E-state index contributed by atoms with van der Waals surface area (Å²) in [6.07, 6.45) is 1.84. The Bertz CT molecular complexity index is 296. The first kappa shape index (κ1) is 12.8. The first-order valence-electron chi connectivity index (χ1n) is 5.96. The summed E-state index contributed by atoms with van der Waals surface area (Å²) in [6.45, 7) is 9.31. The molecule has 4 nitrogen and oxygen atoms in total. The van der Waals surface area contributed by atoms with E-state index in [-0.39, 0.29) is 0 Å². The number of nitrogens with one attached hydrogen (secondary N) is 1. The first-order valence-corrected chi connectivity index (χ1v) is 5.96. The van der Waals surface area contributed by atoms with E-state index in [0.29, 0.717) is 11.9 Å². The molecule has 3 N–H and O–H groups in total. The maximum absolute atomic E-state index is 5.55. The number of nitrogens with zero attached hydrogens (tertiary/aromatic N) is 2. The summed E-state index contributed by atoms with van der Waals surface area (Å²) in [5, 5.41) is 3.36. The maximum atomic E-state index is 5.55. The van der Waals surface area contributed by atoms with Gasteiger partial charge in [0.05, 0.1) is 11.9 Å². The summed E-state index contributed by atoms with van der Waals surface area (Å²) in [5.41, 5.74) is 6.71. The van der Waals surface area contributed by atoms with Crippen molar-refractivity contribution in [1.82, 2.24) is 10.3 Å². The number of hydrogen-bond donors (Lipinski definition) is 2. The summed E-state index contributed by atoms with van der Waals surface area (Å²) < 4.78 is 0. The van der Waals surface area contributed by atoms with Gasteiger partial charge >= 0.3 is 0 Å². The number of nitrogens with two attached hydrogens (primary N) is 1. The van der Waals surface area contributed by atoms with Crippen molar-refractivity contribution in [1.29, 1.82) is 0 Å². The standard InChI is InChI=1S/C10H16N4.C2H6/c1-8-6-12-4-5-14(8)9-2-3-10(11)13-7-9;1-2/h2-3,7-8,12H,4-6H2,1H3,(H2,11,13);1-2H3. The van der Waals surface area contributed by atoms with Gasteiger partial charge in [-0.1, -0.05) is 13.8 Å². The van der Waals surface area contributed by atoms with Gasteiger partial charge in [-0.15, -0.1) is 0 Å². The third-order valence-corrected chi connectivity index (χ3v) is 2.60. The normalized spacial score (nSPS) is 19.9. The van der Waals surface area contributed by atoms with Crippen molar-refractivity contribution in [2.45, 2.75) is 26.8 Å². The molecule has 1 aromatic heterocycles. The van der Waals surface area contributed by atoms with Gasteiger partial charge in [-0.2, -0.15) is 0 Å². The van der Waals surface area contributed by atoms with Crippen molar-refractivity contribution in [3.8, 4) is 0 Å². The highest BCUT2D eigenvalue weighted by Gasteiger charge is 2.17. The third kappa shape index (κ3) is 3.10. The summed E-state index contributed by atoms with van der Waals surface area (Å²) in [4.78, 5) is 6.45. The Balaban J connectivity index is 0.000000606. The minimum Gasteiger partial charge on any atom is -0.384 e. The Morgan fingerprint density at radius 1 is 1.44 bits per heavy atom. The van der Waals surface area contributed by atoms with Crippen LogP contribution in [-0.4, -0.2) is 30.7 Å². The second-order valence-corrected chi connectivity index (χ2v) is 3.69. The van der Waals surface area contributed by atoms with Gasteiger partial charge in [0.2, 0.25) is 0 Å². The van der Waals surface area contributed by atoms with Crippen LogP contribution in [0, 0.1) is 0 Å². The topological polar surface area (TPSA) is 54.2 Å². The highest BCUT2D eigenvalue weighted by Crippen LogP contribution is 2.17. The Hall–Kier alpha value is -1.29. The molecule has 0 spiro atoms. The smallest absolute Gasteiger partial charge is 0.123 e. The molecule has 2 heterocycles. The van der Waals surface area contributed by atoms with Gasteiger partial charge in [-0.3, -0.25) is 0 Å². The van der Waals surface area contributed by atoms with Crippen LogP contribution in [0.3, 0.4) is 0 Å². The van der Waals surface area contributed by atoms with Gasteiger partial charge in [-0.25, -0.2) is 4.98 Å². The Labute approximate surface area is 97.9 Å². The number of anilines is 2. The zero-order valence-electron chi connectivity index (χ0n) is 10.4. The minimum atomic E-state index is 0.522. The van der Waals surface area contributed by atoms with Crippen molar-refractivity contribution < 1.29 is 0 Å². The lowest BCUT2D eigenvalue weighted by atomic mass is 10.2. The molecule has 1 unspecified atom stereocenters. The molecular weight excluding hydrogens is 200 g/mol. The summed E-state index contributed by atoms with van der Waals surface area (Å²) >= 11 is 0. The minimum absolute atomic E-state index is 0.522. The van der Waals surface area contributed by atoms with E-state index in [1.165, 1.54) is 0 Å². The van der Waals surface area contributed by atoms with E-state index in [2.05, 4.69) is 22.1 Å². The van der Waals surface area contributed by atoms with Crippen molar-refractivity contribution >= 4 is 11.5 Å². The molecule has 0 bridgehead atoms. The molecule has 1 aromatic rings. The predicted octanol–water partition coefficient (Wildman–Crippen LogP) is 1.49. The van der Waals surface area contributed by atoms with Crippen LogP contribution in [0.5, 0.6) is 0 Å². The molecule has 0 saturated carbocycles. The number of hydrogen-bond acceptors (Lipinski definition) is 4. The van der Waals surface area contributed by atoms with Crippen molar-refractivity contribution in [3.05, 3.63) is 18.3 Å². The van der Waals surface area contributed by atoms with Crippen molar-refractivity contribution in [2.75, 3.05) is 30.3 Å². The van der Waals surface area contributed by atoms with Gasteiger partial charge < -0.3 is 16.0 Å². The number of piperazine rings is 1. The van der Waals surface area contributed by atoms with Crippen LogP contribution in [0.2, 0.25) is 0 Å². The quantitative estimate of drug-likeness (QED) is 0.756. The largest absolute Gasteiger partial charge is 0.384 e. The average Bonchev–Trinajstić information content (AvgIpc) is 2.34. The van der Waals surface area contributed by atoms with E-state index in [0.717, 1.165) is 25.3 Å². The average molecular weight is 222 g/mol. The predicted molar refractivity (Wildman–Crippen MR) is 69.7 cm³/mol. The lowest BCUT2D eigenvalue weighted by Gasteiger charge is -2.35. The molecule has 1 aliphatic rings. The summed E-state index contributed by atoms with van der Waals surface area (Å²) in [6, 6.07) is 4.41. The maximum Gasteiger partial charge on any atom is 0.123 e. The Morgan fingerprint density at radius 3 is 2.75 bits per heavy atom. The number of nitrogen functional groups attached to an aromatic ring is 1. The monoisotopic (exact) mass is 222 g/mol. The van der Waals surface area contributed by atoms with Crippen molar-refractivity contribution in [3.63, 3.8) is 0 Å². The van der Waals surface area contributed by atoms with E-state index in [4.69, 9.17) is 5.73 Å². The molecule has 4 heteroatoms. The van der Waals surface area contributed by atoms with Crippen LogP contribution < -0.4 is 16.0 Å². The lowest BCUT2D eigenvalue weighted by molar-refractivity contribution is 0.500. The molecule has 1 saturated heterocycles. The molecule has 1 fully saturated rings. The van der Waals surface area contributed by atoms with Crippen LogP contribution in [0.1, 0.15) is 20.8 Å². The SMILES string of the molecule is CC.CC1CNCCN1c1ccc(N)nc1. The van der Waals surface area contributed by atoms with Crippen LogP contribution in [0.15, 0.2) is 18.3 Å². The fraction of sp³-hybridized carbons (Fsp3) is 0.583. The van der Waals surface area contributed by atoms with E-state index in [1.807, 2.05) is 32.2 Å². The van der Waals surface area contributed by atoms with Crippen molar-refractivity contribution in [2.24, 2.45) is 0 Å². The number of aromatic nitrogens is 1. The third-order valence-electron chi connectivity index (χ3n) is 2.60. The zero-order chi connectivity index (χ0) is 12.0. The van der Waals surface area contributed by atoms with E-state index in [9.17, 15) is 0 Å².